The van der Waals surface area contributed by atoms with E-state index in [-0.39, 0.29) is 6.04 Å². The summed E-state index contributed by atoms with van der Waals surface area (Å²) in [5.74, 6) is 0. The van der Waals surface area contributed by atoms with Crippen LogP contribution in [0.2, 0.25) is 0 Å². The summed E-state index contributed by atoms with van der Waals surface area (Å²) in [5, 5.41) is 0. The third-order valence-corrected chi connectivity index (χ3v) is 3.22. The van der Waals surface area contributed by atoms with Crippen LogP contribution in [0.4, 0.5) is 0 Å². The zero-order valence-electron chi connectivity index (χ0n) is 8.81. The van der Waals surface area contributed by atoms with E-state index in [1.54, 1.807) is 12.4 Å². The van der Waals surface area contributed by atoms with Crippen molar-refractivity contribution < 1.29 is 0 Å². The average molecular weight is 324 g/mol. The molecule has 0 aliphatic carbocycles. The highest BCUT2D eigenvalue weighted by Crippen LogP contribution is 2.16. The molecule has 1 atom stereocenters. The van der Waals surface area contributed by atoms with Crippen LogP contribution >= 0.6 is 22.6 Å². The fraction of sp³-hybridized carbons (Fsp3) is 0.154. The molecule has 2 N–H and O–H groups in total. The molecular weight excluding hydrogens is 311 g/mol. The molecule has 0 aliphatic rings. The predicted molar refractivity (Wildman–Crippen MR) is 74.0 cm³/mol. The molecule has 2 rings (SSSR count). The van der Waals surface area contributed by atoms with E-state index < -0.39 is 0 Å². The number of aromatic nitrogens is 1. The van der Waals surface area contributed by atoms with Crippen LogP contribution in [-0.2, 0) is 6.42 Å². The molecule has 1 aromatic carbocycles. The van der Waals surface area contributed by atoms with Gasteiger partial charge in [0.1, 0.15) is 0 Å². The highest BCUT2D eigenvalue weighted by molar-refractivity contribution is 14.1. The summed E-state index contributed by atoms with van der Waals surface area (Å²) >= 11 is 2.29. The third-order valence-electron chi connectivity index (χ3n) is 2.50. The first-order chi connectivity index (χ1) is 7.75. The highest BCUT2D eigenvalue weighted by atomic mass is 127. The van der Waals surface area contributed by atoms with Gasteiger partial charge in [-0.25, -0.2) is 0 Å². The van der Waals surface area contributed by atoms with E-state index in [0.717, 1.165) is 6.42 Å². The maximum Gasteiger partial charge on any atom is 0.0335 e. The molecule has 0 saturated carbocycles. The maximum absolute atomic E-state index is 6.15. The van der Waals surface area contributed by atoms with Crippen molar-refractivity contribution in [1.29, 1.82) is 0 Å². The van der Waals surface area contributed by atoms with Crippen molar-refractivity contribution in [2.24, 2.45) is 5.73 Å². The molecule has 1 unspecified atom stereocenters. The zero-order valence-corrected chi connectivity index (χ0v) is 11.0. The quantitative estimate of drug-likeness (QED) is 0.882. The monoisotopic (exact) mass is 324 g/mol. The van der Waals surface area contributed by atoms with Gasteiger partial charge in [-0.3, -0.25) is 4.98 Å². The van der Waals surface area contributed by atoms with E-state index in [0.29, 0.717) is 0 Å². The number of nitrogens with zero attached hydrogens (tertiary/aromatic N) is 1. The number of hydrogen-bond donors (Lipinski definition) is 1. The summed E-state index contributed by atoms with van der Waals surface area (Å²) in [4.78, 5) is 4.00. The van der Waals surface area contributed by atoms with Gasteiger partial charge < -0.3 is 5.73 Å². The molecule has 3 heteroatoms. The second-order valence-electron chi connectivity index (χ2n) is 3.72. The molecule has 0 bridgehead atoms. The standard InChI is InChI=1S/C13H13IN2/c14-12-3-1-11(2-4-12)13(15)9-10-5-7-16-8-6-10/h1-8,13H,9,15H2. The van der Waals surface area contributed by atoms with Gasteiger partial charge in [-0.2, -0.15) is 0 Å². The topological polar surface area (TPSA) is 38.9 Å². The Labute approximate surface area is 109 Å². The number of rotatable bonds is 3. The summed E-state index contributed by atoms with van der Waals surface area (Å²) in [6, 6.07) is 12.4. The van der Waals surface area contributed by atoms with E-state index in [4.69, 9.17) is 5.73 Å². The lowest BCUT2D eigenvalue weighted by atomic mass is 10.0. The Morgan fingerprint density at radius 1 is 1.06 bits per heavy atom. The van der Waals surface area contributed by atoms with Crippen molar-refractivity contribution in [3.8, 4) is 0 Å². The molecule has 16 heavy (non-hydrogen) atoms. The lowest BCUT2D eigenvalue weighted by molar-refractivity contribution is 0.721. The summed E-state index contributed by atoms with van der Waals surface area (Å²) in [5.41, 5.74) is 8.56. The van der Waals surface area contributed by atoms with Gasteiger partial charge in [-0.15, -0.1) is 0 Å². The van der Waals surface area contributed by atoms with Crippen LogP contribution in [0.25, 0.3) is 0 Å². The van der Waals surface area contributed by atoms with E-state index in [1.807, 2.05) is 12.1 Å². The van der Waals surface area contributed by atoms with Crippen molar-refractivity contribution in [3.63, 3.8) is 0 Å². The van der Waals surface area contributed by atoms with Crippen molar-refractivity contribution in [1.82, 2.24) is 4.98 Å². The second-order valence-corrected chi connectivity index (χ2v) is 4.96. The van der Waals surface area contributed by atoms with Gasteiger partial charge in [0, 0.05) is 22.0 Å². The molecule has 82 valence electrons. The Balaban J connectivity index is 2.09. The fourth-order valence-electron chi connectivity index (χ4n) is 1.60. The largest absolute Gasteiger partial charge is 0.324 e. The average Bonchev–Trinajstić information content (AvgIpc) is 2.31. The smallest absolute Gasteiger partial charge is 0.0335 e. The van der Waals surface area contributed by atoms with Crippen LogP contribution in [0.5, 0.6) is 0 Å². The van der Waals surface area contributed by atoms with Crippen molar-refractivity contribution >= 4 is 22.6 Å². The molecule has 0 radical (unpaired) electrons. The summed E-state index contributed by atoms with van der Waals surface area (Å²) in [7, 11) is 0. The first kappa shape index (κ1) is 11.5. The number of benzene rings is 1. The van der Waals surface area contributed by atoms with Crippen LogP contribution in [-0.4, -0.2) is 4.98 Å². The SMILES string of the molecule is NC(Cc1ccncc1)c1ccc(I)cc1. The molecular formula is C13H13IN2. The molecule has 1 aromatic heterocycles. The van der Waals surface area contributed by atoms with Crippen molar-refractivity contribution in [2.45, 2.75) is 12.5 Å². The lowest BCUT2D eigenvalue weighted by Gasteiger charge is -2.11. The van der Waals surface area contributed by atoms with Gasteiger partial charge in [-0.1, -0.05) is 12.1 Å². The Kier molecular flexibility index (Phi) is 3.90. The lowest BCUT2D eigenvalue weighted by Crippen LogP contribution is -2.13. The van der Waals surface area contributed by atoms with Gasteiger partial charge in [0.05, 0.1) is 0 Å². The van der Waals surface area contributed by atoms with E-state index in [2.05, 4.69) is 51.8 Å². The molecule has 0 aliphatic heterocycles. The normalized spacial score (nSPS) is 12.4. The summed E-state index contributed by atoms with van der Waals surface area (Å²) in [6.45, 7) is 0. The minimum absolute atomic E-state index is 0.0550. The van der Waals surface area contributed by atoms with Crippen LogP contribution in [0.15, 0.2) is 48.8 Å². The first-order valence-electron chi connectivity index (χ1n) is 5.15. The van der Waals surface area contributed by atoms with Gasteiger partial charge >= 0.3 is 0 Å². The molecule has 2 nitrogen and oxygen atoms in total. The number of pyridine rings is 1. The molecule has 0 spiro atoms. The van der Waals surface area contributed by atoms with Gasteiger partial charge in [0.15, 0.2) is 0 Å². The zero-order chi connectivity index (χ0) is 11.4. The Hall–Kier alpha value is -0.940. The highest BCUT2D eigenvalue weighted by Gasteiger charge is 2.06. The third kappa shape index (κ3) is 3.02. The molecule has 1 heterocycles. The minimum Gasteiger partial charge on any atom is -0.324 e. The van der Waals surface area contributed by atoms with Crippen LogP contribution in [0.1, 0.15) is 17.2 Å². The van der Waals surface area contributed by atoms with Gasteiger partial charge in [0.2, 0.25) is 0 Å². The van der Waals surface area contributed by atoms with Crippen LogP contribution in [0, 0.1) is 3.57 Å². The first-order valence-corrected chi connectivity index (χ1v) is 6.23. The molecule has 0 amide bonds. The molecule has 2 aromatic rings. The number of hydrogen-bond acceptors (Lipinski definition) is 2. The van der Waals surface area contributed by atoms with Crippen molar-refractivity contribution in [2.75, 3.05) is 0 Å². The number of halogens is 1. The van der Waals surface area contributed by atoms with Crippen LogP contribution in [0.3, 0.4) is 0 Å². The summed E-state index contributed by atoms with van der Waals surface area (Å²) in [6.07, 6.45) is 4.45. The summed E-state index contributed by atoms with van der Waals surface area (Å²) < 4.78 is 1.23. The Bertz CT molecular complexity index is 439. The minimum atomic E-state index is 0.0550. The van der Waals surface area contributed by atoms with E-state index in [9.17, 15) is 0 Å². The Morgan fingerprint density at radius 2 is 1.69 bits per heavy atom. The maximum atomic E-state index is 6.15. The number of nitrogens with two attached hydrogens (primary N) is 1. The Morgan fingerprint density at radius 3 is 2.31 bits per heavy atom. The predicted octanol–water partition coefficient (Wildman–Crippen LogP) is 2.93. The fourth-order valence-corrected chi connectivity index (χ4v) is 1.96. The molecule has 0 saturated heterocycles. The van der Waals surface area contributed by atoms with Gasteiger partial charge in [-0.05, 0) is 64.4 Å². The van der Waals surface area contributed by atoms with E-state index in [1.165, 1.54) is 14.7 Å². The van der Waals surface area contributed by atoms with E-state index >= 15 is 0 Å². The second kappa shape index (κ2) is 5.41. The molecule has 0 fully saturated rings. The van der Waals surface area contributed by atoms with Gasteiger partial charge in [0.25, 0.3) is 0 Å². The van der Waals surface area contributed by atoms with Crippen molar-refractivity contribution in [3.05, 3.63) is 63.5 Å². The van der Waals surface area contributed by atoms with Crippen LogP contribution < -0.4 is 5.73 Å².